The van der Waals surface area contributed by atoms with Gasteiger partial charge in [-0.25, -0.2) is 0 Å². The van der Waals surface area contributed by atoms with Crippen LogP contribution in [0.2, 0.25) is 0 Å². The maximum absolute atomic E-state index is 4.08. The van der Waals surface area contributed by atoms with Gasteiger partial charge < -0.3 is 21.3 Å². The molecule has 0 saturated heterocycles. The van der Waals surface area contributed by atoms with Crippen LogP contribution in [0.15, 0.2) is 255 Å². The highest BCUT2D eigenvalue weighted by molar-refractivity contribution is 6.15. The lowest BCUT2D eigenvalue weighted by Gasteiger charge is -2.25. The molecule has 0 aromatic heterocycles. The Morgan fingerprint density at radius 2 is 0.529 bits per heavy atom. The van der Waals surface area contributed by atoms with Gasteiger partial charge in [0, 0.05) is 55.4 Å². The van der Waals surface area contributed by atoms with Crippen LogP contribution in [0.3, 0.4) is 0 Å². The van der Waals surface area contributed by atoms with Gasteiger partial charge in [-0.1, -0.05) is 206 Å². The predicted octanol–water partition coefficient (Wildman–Crippen LogP) is 18.9. The fraction of sp³-hybridized carbons (Fsp3) is 0. The number of benzene rings is 13. The molecule has 330 valence electrons. The minimum Gasteiger partial charge on any atom is -0.353 e. The van der Waals surface area contributed by atoms with E-state index in [1.165, 1.54) is 32.3 Å². The molecule has 13 rings (SSSR count). The van der Waals surface area contributed by atoms with E-state index >= 15 is 0 Å². The summed E-state index contributed by atoms with van der Waals surface area (Å²) in [6.07, 6.45) is 0. The van der Waals surface area contributed by atoms with Crippen molar-refractivity contribution in [3.05, 3.63) is 255 Å². The molecule has 0 radical (unpaired) electrons. The van der Waals surface area contributed by atoms with E-state index in [4.69, 9.17) is 0 Å². The Kier molecular flexibility index (Phi) is 10.1. The second kappa shape index (κ2) is 17.4. The Hall–Kier alpha value is -9.38. The van der Waals surface area contributed by atoms with Crippen molar-refractivity contribution in [3.63, 3.8) is 0 Å². The third-order valence-electron chi connectivity index (χ3n) is 13.8. The van der Waals surface area contributed by atoms with Gasteiger partial charge in [-0.15, -0.1) is 0 Å². The fourth-order valence-corrected chi connectivity index (χ4v) is 10.4. The molecular weight excluding hydrogens is 849 g/mol. The van der Waals surface area contributed by atoms with Gasteiger partial charge in [0.15, 0.2) is 0 Å². The predicted molar refractivity (Wildman–Crippen MR) is 301 cm³/mol. The monoisotopic (exact) mass is 894 g/mol. The van der Waals surface area contributed by atoms with Gasteiger partial charge in [0.2, 0.25) is 0 Å². The van der Waals surface area contributed by atoms with Crippen LogP contribution in [0.5, 0.6) is 0 Å². The van der Waals surface area contributed by atoms with Crippen LogP contribution in [0, 0.1) is 0 Å². The van der Waals surface area contributed by atoms with E-state index in [1.54, 1.807) is 0 Å². The average molecular weight is 895 g/mol. The van der Waals surface area contributed by atoms with Crippen molar-refractivity contribution < 1.29 is 0 Å². The highest BCUT2D eigenvalue weighted by Gasteiger charge is 2.23. The summed E-state index contributed by atoms with van der Waals surface area (Å²) < 4.78 is 0. The number of rotatable bonds is 10. The smallest absolute Gasteiger partial charge is 0.0703 e. The first-order valence-corrected chi connectivity index (χ1v) is 23.9. The van der Waals surface area contributed by atoms with Crippen LogP contribution in [0.1, 0.15) is 0 Å². The number of para-hydroxylation sites is 2. The summed E-state index contributed by atoms with van der Waals surface area (Å²) in [5.74, 6) is 0. The van der Waals surface area contributed by atoms with Crippen LogP contribution in [0.25, 0.3) is 86.9 Å². The molecule has 0 aliphatic heterocycles. The molecule has 13 aromatic rings. The van der Waals surface area contributed by atoms with E-state index in [2.05, 4.69) is 276 Å². The van der Waals surface area contributed by atoms with Crippen molar-refractivity contribution in [3.8, 4) is 22.3 Å². The molecule has 0 spiro atoms. The van der Waals surface area contributed by atoms with Gasteiger partial charge in [0.05, 0.1) is 22.7 Å². The molecular formula is C66H46N4. The molecule has 4 heteroatoms. The lowest BCUT2D eigenvalue weighted by atomic mass is 9.86. The molecule has 0 atom stereocenters. The fourth-order valence-electron chi connectivity index (χ4n) is 10.4. The zero-order chi connectivity index (χ0) is 46.4. The van der Waals surface area contributed by atoms with Crippen LogP contribution in [-0.4, -0.2) is 0 Å². The molecule has 0 aliphatic rings. The highest BCUT2D eigenvalue weighted by atomic mass is 15.0. The summed E-state index contributed by atoms with van der Waals surface area (Å²) in [4.78, 5) is 0. The molecule has 0 bridgehead atoms. The minimum absolute atomic E-state index is 0.964. The van der Waals surface area contributed by atoms with Crippen molar-refractivity contribution in [1.82, 2.24) is 0 Å². The second-order valence-electron chi connectivity index (χ2n) is 18.0. The molecule has 4 N–H and O–H groups in total. The first-order valence-electron chi connectivity index (χ1n) is 23.9. The summed E-state index contributed by atoms with van der Waals surface area (Å²) in [6, 6.07) is 91.6. The third kappa shape index (κ3) is 7.36. The Morgan fingerprint density at radius 3 is 1.00 bits per heavy atom. The SMILES string of the molecule is c1cc(Nc2cccc3ccccc23)c(Nc2cccc3ccccc23)c(-c2ccc3cc4ccccc4cc3c2-c2cccc(Nc3cccc4ccccc34)c2Nc2cccc3ccccc23)c1. The maximum atomic E-state index is 4.08. The van der Waals surface area contributed by atoms with Crippen molar-refractivity contribution >= 4 is 110 Å². The van der Waals surface area contributed by atoms with Crippen LogP contribution < -0.4 is 21.3 Å². The van der Waals surface area contributed by atoms with E-state index in [-0.39, 0.29) is 0 Å². The lowest BCUT2D eigenvalue weighted by Crippen LogP contribution is -2.03. The van der Waals surface area contributed by atoms with Gasteiger partial charge in [-0.2, -0.15) is 0 Å². The zero-order valence-corrected chi connectivity index (χ0v) is 38.2. The molecule has 4 nitrogen and oxygen atoms in total. The molecule has 70 heavy (non-hydrogen) atoms. The molecule has 0 fully saturated rings. The molecule has 0 aliphatic carbocycles. The van der Waals surface area contributed by atoms with E-state index < -0.39 is 0 Å². The van der Waals surface area contributed by atoms with Crippen molar-refractivity contribution in [2.45, 2.75) is 0 Å². The van der Waals surface area contributed by atoms with Crippen molar-refractivity contribution in [2.75, 3.05) is 21.3 Å². The Balaban J connectivity index is 1.10. The molecule has 0 amide bonds. The van der Waals surface area contributed by atoms with Crippen LogP contribution in [-0.2, 0) is 0 Å². The summed E-state index contributed by atoms with van der Waals surface area (Å²) in [5, 5.41) is 30.0. The van der Waals surface area contributed by atoms with E-state index in [1.807, 2.05) is 0 Å². The Morgan fingerprint density at radius 1 is 0.186 bits per heavy atom. The van der Waals surface area contributed by atoms with E-state index in [0.717, 1.165) is 100 Å². The second-order valence-corrected chi connectivity index (χ2v) is 18.0. The summed E-state index contributed by atoms with van der Waals surface area (Å²) >= 11 is 0. The Labute approximate surface area is 406 Å². The molecule has 0 heterocycles. The first-order chi connectivity index (χ1) is 34.7. The molecule has 0 unspecified atom stereocenters. The number of hydrogen-bond acceptors (Lipinski definition) is 4. The quantitative estimate of drug-likeness (QED) is 0.103. The average Bonchev–Trinajstić information content (AvgIpc) is 3.41. The van der Waals surface area contributed by atoms with Crippen LogP contribution >= 0.6 is 0 Å². The highest BCUT2D eigenvalue weighted by Crippen LogP contribution is 2.50. The zero-order valence-electron chi connectivity index (χ0n) is 38.2. The van der Waals surface area contributed by atoms with Gasteiger partial charge >= 0.3 is 0 Å². The van der Waals surface area contributed by atoms with Gasteiger partial charge in [-0.3, -0.25) is 0 Å². The number of nitrogens with one attached hydrogen (secondary N) is 4. The summed E-state index contributed by atoms with van der Waals surface area (Å²) in [7, 11) is 0. The van der Waals surface area contributed by atoms with Crippen molar-refractivity contribution in [2.24, 2.45) is 0 Å². The van der Waals surface area contributed by atoms with Gasteiger partial charge in [-0.05, 0) is 103 Å². The van der Waals surface area contributed by atoms with Gasteiger partial charge in [0.25, 0.3) is 0 Å². The number of hydrogen-bond donors (Lipinski definition) is 4. The third-order valence-corrected chi connectivity index (χ3v) is 13.8. The first kappa shape index (κ1) is 40.9. The topological polar surface area (TPSA) is 48.1 Å². The molecule has 13 aromatic carbocycles. The number of anilines is 8. The van der Waals surface area contributed by atoms with Gasteiger partial charge in [0.1, 0.15) is 0 Å². The number of fused-ring (bicyclic) bond motifs is 6. The summed E-state index contributed by atoms with van der Waals surface area (Å²) in [6.45, 7) is 0. The van der Waals surface area contributed by atoms with Crippen molar-refractivity contribution in [1.29, 1.82) is 0 Å². The van der Waals surface area contributed by atoms with Crippen LogP contribution in [0.4, 0.5) is 45.5 Å². The summed E-state index contributed by atoms with van der Waals surface area (Å²) in [5.41, 5.74) is 12.3. The lowest BCUT2D eigenvalue weighted by molar-refractivity contribution is 1.50. The van der Waals surface area contributed by atoms with E-state index in [0.29, 0.717) is 0 Å². The Bertz CT molecular complexity index is 4130. The normalized spacial score (nSPS) is 11.4. The molecule has 0 saturated carbocycles. The standard InChI is InChI=1S/C66H46N4/c1-2-22-48-42-57-49(41-47(48)21-1)39-40-54(55-31-15-37-62(67-58-33-11-23-43-17-3-7-27-50(43)58)65(55)69-60-35-13-25-45-19-5-9-29-52(45)60)64(57)56-32-16-38-63(68-59-34-12-24-44-18-4-8-28-51(44)59)66(56)70-61-36-14-26-46-20-6-10-30-53(46)61/h1-42,67-70H. The minimum atomic E-state index is 0.964. The largest absolute Gasteiger partial charge is 0.353 e. The maximum Gasteiger partial charge on any atom is 0.0703 e. The van der Waals surface area contributed by atoms with E-state index in [9.17, 15) is 0 Å².